The lowest BCUT2D eigenvalue weighted by atomic mass is 10.1. The van der Waals surface area contributed by atoms with Crippen LogP contribution in [0.15, 0.2) is 151 Å². The largest absolute Gasteiger partial charge is 0.372 e. The minimum absolute atomic E-state index is 0.0712. The van der Waals surface area contributed by atoms with Gasteiger partial charge in [-0.2, -0.15) is 5.10 Å². The highest BCUT2D eigenvalue weighted by molar-refractivity contribution is 6.01. The molecule has 0 aliphatic carbocycles. The van der Waals surface area contributed by atoms with E-state index in [2.05, 4.69) is 162 Å². The van der Waals surface area contributed by atoms with E-state index in [1.165, 1.54) is 28.1 Å². The van der Waals surface area contributed by atoms with E-state index in [0.717, 1.165) is 49.7 Å². The highest BCUT2D eigenvalue weighted by Gasteiger charge is 2.25. The van der Waals surface area contributed by atoms with E-state index in [0.29, 0.717) is 0 Å². The third-order valence-corrected chi connectivity index (χ3v) is 8.54. The minimum Gasteiger partial charge on any atom is -0.372 e. The molecule has 0 N–H and O–H groups in total. The Labute approximate surface area is 279 Å². The van der Waals surface area contributed by atoms with Gasteiger partial charge in [-0.3, -0.25) is 0 Å². The highest BCUT2D eigenvalue weighted by atomic mass is 15.5. The molecule has 0 spiro atoms. The Hall–Kier alpha value is -5.42. The van der Waals surface area contributed by atoms with Crippen molar-refractivity contribution in [2.24, 2.45) is 5.10 Å². The fourth-order valence-corrected chi connectivity index (χ4v) is 5.96. The average Bonchev–Trinajstić information content (AvgIpc) is 3.55. The van der Waals surface area contributed by atoms with E-state index in [9.17, 15) is 0 Å². The zero-order chi connectivity index (χ0) is 32.3. The molecule has 0 saturated carbocycles. The van der Waals surface area contributed by atoms with Gasteiger partial charge in [0, 0.05) is 50.2 Å². The first-order valence-corrected chi connectivity index (χ1v) is 16.6. The molecule has 0 radical (unpaired) electrons. The van der Waals surface area contributed by atoms with Crippen LogP contribution in [0.3, 0.4) is 0 Å². The molecule has 0 bridgehead atoms. The zero-order valence-corrected chi connectivity index (χ0v) is 27.4. The van der Waals surface area contributed by atoms with Crippen LogP contribution in [0.2, 0.25) is 0 Å². The average molecular weight is 618 g/mol. The van der Waals surface area contributed by atoms with Crippen LogP contribution in [0.4, 0.5) is 17.2 Å². The van der Waals surface area contributed by atoms with Gasteiger partial charge in [0.1, 0.15) is 5.82 Å². The molecule has 0 saturated heterocycles. The van der Waals surface area contributed by atoms with Crippen LogP contribution in [0.25, 0.3) is 12.2 Å². The Bertz CT molecular complexity index is 1720. The fraction of sp³-hybridized carbons (Fsp3) is 0.190. The predicted octanol–water partition coefficient (Wildman–Crippen LogP) is 9.50. The van der Waals surface area contributed by atoms with Gasteiger partial charge in [-0.1, -0.05) is 109 Å². The molecule has 47 heavy (non-hydrogen) atoms. The molecular formula is C42H43N5. The number of hydrazone groups is 1. The Morgan fingerprint density at radius 2 is 1.17 bits per heavy atom. The van der Waals surface area contributed by atoms with Gasteiger partial charge < -0.3 is 9.80 Å². The van der Waals surface area contributed by atoms with Crippen molar-refractivity contribution in [2.45, 2.75) is 39.4 Å². The van der Waals surface area contributed by atoms with Gasteiger partial charge >= 0.3 is 0 Å². The normalized spacial score (nSPS) is 14.6. The van der Waals surface area contributed by atoms with Crippen molar-refractivity contribution < 1.29 is 0 Å². The SMILES string of the molecule is CCN(CC)c1ccc(C=CC2=NN(c3ccccn3)C(C=Cc3ccc(N(Cc4ccccc4)Cc4ccccc4)cc3)C2)cc1. The van der Waals surface area contributed by atoms with Gasteiger partial charge in [0.05, 0.1) is 11.8 Å². The standard InChI is InChI=1S/C42H43N5/c1-3-45(4-2)39-25-19-34(20-26-39)18-24-38-31-41(47(44-38)42-17-11-12-30-43-42)29-23-35-21-27-40(28-22-35)46(32-36-13-7-5-8-14-36)33-37-15-9-6-10-16-37/h5-30,41H,3-4,31-33H2,1-2H3. The van der Waals surface area contributed by atoms with Gasteiger partial charge in [0.25, 0.3) is 0 Å². The Balaban J connectivity index is 1.17. The number of benzene rings is 4. The molecular weight excluding hydrogens is 574 g/mol. The van der Waals surface area contributed by atoms with Gasteiger partial charge in [-0.15, -0.1) is 0 Å². The number of allylic oxidation sites excluding steroid dienone is 1. The molecule has 2 heterocycles. The van der Waals surface area contributed by atoms with Crippen LogP contribution >= 0.6 is 0 Å². The second kappa shape index (κ2) is 15.7. The monoisotopic (exact) mass is 617 g/mol. The van der Waals surface area contributed by atoms with Gasteiger partial charge in [0.2, 0.25) is 0 Å². The second-order valence-electron chi connectivity index (χ2n) is 11.8. The summed E-state index contributed by atoms with van der Waals surface area (Å²) in [5.41, 5.74) is 8.41. The summed E-state index contributed by atoms with van der Waals surface area (Å²) in [5, 5.41) is 7.03. The molecule has 0 amide bonds. The quantitative estimate of drug-likeness (QED) is 0.132. The van der Waals surface area contributed by atoms with Crippen molar-refractivity contribution in [1.82, 2.24) is 4.98 Å². The van der Waals surface area contributed by atoms with Gasteiger partial charge in [0.15, 0.2) is 0 Å². The highest BCUT2D eigenvalue weighted by Crippen LogP contribution is 2.26. The summed E-state index contributed by atoms with van der Waals surface area (Å²) in [5.74, 6) is 0.849. The summed E-state index contributed by atoms with van der Waals surface area (Å²) in [6.07, 6.45) is 11.4. The van der Waals surface area contributed by atoms with Crippen LogP contribution in [0.5, 0.6) is 0 Å². The van der Waals surface area contributed by atoms with Crippen LogP contribution in [-0.2, 0) is 13.1 Å². The molecule has 6 rings (SSSR count). The molecule has 236 valence electrons. The molecule has 1 unspecified atom stereocenters. The van der Waals surface area contributed by atoms with Crippen LogP contribution in [0, 0.1) is 0 Å². The van der Waals surface area contributed by atoms with Gasteiger partial charge in [-0.05, 0) is 78.6 Å². The number of pyridine rings is 1. The third-order valence-electron chi connectivity index (χ3n) is 8.54. The smallest absolute Gasteiger partial charge is 0.149 e. The molecule has 4 aromatic carbocycles. The van der Waals surface area contributed by atoms with E-state index in [1.807, 2.05) is 29.4 Å². The van der Waals surface area contributed by atoms with E-state index in [1.54, 1.807) is 0 Å². The Morgan fingerprint density at radius 3 is 1.72 bits per heavy atom. The van der Waals surface area contributed by atoms with Crippen molar-refractivity contribution >= 4 is 35.1 Å². The van der Waals surface area contributed by atoms with Crippen molar-refractivity contribution in [3.05, 3.63) is 168 Å². The lowest BCUT2D eigenvalue weighted by Gasteiger charge is -2.25. The maximum Gasteiger partial charge on any atom is 0.149 e. The van der Waals surface area contributed by atoms with Crippen molar-refractivity contribution in [3.63, 3.8) is 0 Å². The molecule has 5 heteroatoms. The maximum atomic E-state index is 4.99. The topological polar surface area (TPSA) is 35.0 Å². The first-order valence-electron chi connectivity index (χ1n) is 16.6. The van der Waals surface area contributed by atoms with Crippen molar-refractivity contribution in [3.8, 4) is 0 Å². The second-order valence-corrected chi connectivity index (χ2v) is 11.8. The van der Waals surface area contributed by atoms with E-state index in [4.69, 9.17) is 5.10 Å². The lowest BCUT2D eigenvalue weighted by Crippen LogP contribution is -2.24. The van der Waals surface area contributed by atoms with Crippen LogP contribution < -0.4 is 14.8 Å². The molecule has 1 aromatic heterocycles. The third kappa shape index (κ3) is 8.44. The Morgan fingerprint density at radius 1 is 0.617 bits per heavy atom. The number of nitrogens with zero attached hydrogens (tertiary/aromatic N) is 5. The van der Waals surface area contributed by atoms with Crippen LogP contribution in [-0.4, -0.2) is 29.8 Å². The summed E-state index contributed by atoms with van der Waals surface area (Å²) < 4.78 is 0. The summed E-state index contributed by atoms with van der Waals surface area (Å²) in [6, 6.07) is 45.0. The molecule has 1 atom stereocenters. The summed E-state index contributed by atoms with van der Waals surface area (Å²) in [4.78, 5) is 9.40. The van der Waals surface area contributed by atoms with Gasteiger partial charge in [-0.25, -0.2) is 9.99 Å². The minimum atomic E-state index is 0.0712. The first kappa shape index (κ1) is 31.6. The Kier molecular flexibility index (Phi) is 10.6. The lowest BCUT2D eigenvalue weighted by molar-refractivity contribution is 0.776. The number of aromatic nitrogens is 1. The summed E-state index contributed by atoms with van der Waals surface area (Å²) in [7, 11) is 0. The predicted molar refractivity (Wildman–Crippen MR) is 200 cm³/mol. The fourth-order valence-electron chi connectivity index (χ4n) is 5.96. The zero-order valence-electron chi connectivity index (χ0n) is 27.4. The van der Waals surface area contributed by atoms with Crippen molar-refractivity contribution in [1.29, 1.82) is 0 Å². The number of rotatable bonds is 13. The number of hydrogen-bond acceptors (Lipinski definition) is 5. The molecule has 1 aliphatic rings. The number of anilines is 3. The summed E-state index contributed by atoms with van der Waals surface area (Å²) >= 11 is 0. The molecule has 0 fully saturated rings. The van der Waals surface area contributed by atoms with E-state index in [-0.39, 0.29) is 6.04 Å². The number of hydrogen-bond donors (Lipinski definition) is 0. The van der Waals surface area contributed by atoms with E-state index >= 15 is 0 Å². The van der Waals surface area contributed by atoms with Crippen molar-refractivity contribution in [2.75, 3.05) is 27.9 Å². The molecule has 1 aliphatic heterocycles. The molecule has 5 aromatic rings. The first-order chi connectivity index (χ1) is 23.2. The molecule has 5 nitrogen and oxygen atoms in total. The maximum absolute atomic E-state index is 4.99. The van der Waals surface area contributed by atoms with E-state index < -0.39 is 0 Å². The van der Waals surface area contributed by atoms with Crippen LogP contribution in [0.1, 0.15) is 42.5 Å². The summed E-state index contributed by atoms with van der Waals surface area (Å²) in [6.45, 7) is 8.09.